The van der Waals surface area contributed by atoms with Crippen molar-refractivity contribution in [3.05, 3.63) is 65.8 Å². The van der Waals surface area contributed by atoms with Gasteiger partial charge in [-0.2, -0.15) is 0 Å². The minimum Gasteiger partial charge on any atom is -0.497 e. The molecule has 1 heterocycles. The van der Waals surface area contributed by atoms with Crippen molar-refractivity contribution in [2.45, 2.75) is 13.0 Å². The minimum atomic E-state index is -0.736. The van der Waals surface area contributed by atoms with Gasteiger partial charge < -0.3 is 13.9 Å². The molecule has 0 spiro atoms. The molecule has 0 saturated heterocycles. The predicted octanol–water partition coefficient (Wildman–Crippen LogP) is 3.80. The van der Waals surface area contributed by atoms with Gasteiger partial charge in [-0.15, -0.1) is 10.2 Å². The van der Waals surface area contributed by atoms with Crippen molar-refractivity contribution >= 4 is 5.97 Å². The average Bonchev–Trinajstić information content (AvgIpc) is 3.12. The quantitative estimate of drug-likeness (QED) is 0.657. The van der Waals surface area contributed by atoms with Gasteiger partial charge in [0, 0.05) is 5.56 Å². The molecule has 0 aliphatic rings. The molecule has 128 valence electrons. The summed E-state index contributed by atoms with van der Waals surface area (Å²) in [4.78, 5) is 12.2. The van der Waals surface area contributed by atoms with Crippen LogP contribution in [-0.4, -0.2) is 23.3 Å². The molecule has 0 fully saturated rings. The third-order valence-corrected chi connectivity index (χ3v) is 3.47. The summed E-state index contributed by atoms with van der Waals surface area (Å²) in [6, 6.07) is 12.3. The third-order valence-electron chi connectivity index (χ3n) is 3.47. The van der Waals surface area contributed by atoms with Crippen LogP contribution in [0.2, 0.25) is 0 Å². The molecule has 2 aromatic carbocycles. The first-order valence-corrected chi connectivity index (χ1v) is 7.51. The number of ether oxygens (including phenoxy) is 2. The first kappa shape index (κ1) is 16.6. The molecule has 0 radical (unpaired) electrons. The largest absolute Gasteiger partial charge is 0.497 e. The Kier molecular flexibility index (Phi) is 4.74. The van der Waals surface area contributed by atoms with Crippen LogP contribution in [-0.2, 0) is 4.74 Å². The van der Waals surface area contributed by atoms with Crippen LogP contribution >= 0.6 is 0 Å². The lowest BCUT2D eigenvalue weighted by atomic mass is 10.2. The van der Waals surface area contributed by atoms with Crippen LogP contribution in [0.4, 0.5) is 4.39 Å². The summed E-state index contributed by atoms with van der Waals surface area (Å²) in [7, 11) is 1.52. The molecule has 0 aliphatic heterocycles. The van der Waals surface area contributed by atoms with E-state index in [-0.39, 0.29) is 17.6 Å². The SMILES string of the molecule is COc1cccc(C(=O)O[C@H](C)c2nnc(-c3ccc(F)cc3)o2)c1. The predicted molar refractivity (Wildman–Crippen MR) is 86.5 cm³/mol. The number of hydrogen-bond acceptors (Lipinski definition) is 6. The van der Waals surface area contributed by atoms with Gasteiger partial charge in [-0.25, -0.2) is 9.18 Å². The maximum atomic E-state index is 13.0. The molecule has 0 amide bonds. The number of benzene rings is 2. The van der Waals surface area contributed by atoms with E-state index in [1.807, 2.05) is 0 Å². The number of rotatable bonds is 5. The smallest absolute Gasteiger partial charge is 0.339 e. The highest BCUT2D eigenvalue weighted by atomic mass is 19.1. The normalized spacial score (nSPS) is 11.8. The Labute approximate surface area is 143 Å². The molecular weight excluding hydrogens is 327 g/mol. The van der Waals surface area contributed by atoms with E-state index in [9.17, 15) is 9.18 Å². The summed E-state index contributed by atoms with van der Waals surface area (Å²) in [5.41, 5.74) is 0.927. The van der Waals surface area contributed by atoms with Crippen LogP contribution in [0.3, 0.4) is 0 Å². The number of methoxy groups -OCH3 is 1. The van der Waals surface area contributed by atoms with Gasteiger partial charge in [0.2, 0.25) is 5.89 Å². The number of esters is 1. The fourth-order valence-electron chi connectivity index (χ4n) is 2.14. The lowest BCUT2D eigenvalue weighted by Gasteiger charge is -2.10. The molecule has 1 atom stereocenters. The number of nitrogens with zero attached hydrogens (tertiary/aromatic N) is 2. The van der Waals surface area contributed by atoms with Gasteiger partial charge in [-0.3, -0.25) is 0 Å². The fraction of sp³-hybridized carbons (Fsp3) is 0.167. The van der Waals surface area contributed by atoms with Gasteiger partial charge in [-0.1, -0.05) is 6.07 Å². The molecule has 0 saturated carbocycles. The van der Waals surface area contributed by atoms with Crippen molar-refractivity contribution in [2.24, 2.45) is 0 Å². The topological polar surface area (TPSA) is 74.5 Å². The molecule has 7 heteroatoms. The van der Waals surface area contributed by atoms with E-state index in [2.05, 4.69) is 10.2 Å². The van der Waals surface area contributed by atoms with Crippen molar-refractivity contribution in [3.8, 4) is 17.2 Å². The van der Waals surface area contributed by atoms with Crippen molar-refractivity contribution < 1.29 is 23.1 Å². The first-order valence-electron chi connectivity index (χ1n) is 7.51. The van der Waals surface area contributed by atoms with Gasteiger partial charge in [0.25, 0.3) is 5.89 Å². The molecule has 0 bridgehead atoms. The first-order chi connectivity index (χ1) is 12.1. The summed E-state index contributed by atoms with van der Waals surface area (Å²) in [5.74, 6) is 0.0327. The summed E-state index contributed by atoms with van der Waals surface area (Å²) in [6.07, 6.45) is -0.736. The fourth-order valence-corrected chi connectivity index (χ4v) is 2.14. The van der Waals surface area contributed by atoms with E-state index in [1.165, 1.54) is 31.4 Å². The molecule has 0 aliphatic carbocycles. The van der Waals surface area contributed by atoms with E-state index in [0.29, 0.717) is 16.9 Å². The van der Waals surface area contributed by atoms with Gasteiger partial charge in [-0.05, 0) is 49.4 Å². The second-order valence-electron chi connectivity index (χ2n) is 5.23. The zero-order chi connectivity index (χ0) is 17.8. The highest BCUT2D eigenvalue weighted by Gasteiger charge is 2.20. The standard InChI is InChI=1S/C18H15FN2O4/c1-11(24-18(22)13-4-3-5-15(10-13)23-2)16-20-21-17(25-16)12-6-8-14(19)9-7-12/h3-11H,1-2H3/t11-/m1/s1. The summed E-state index contributed by atoms with van der Waals surface area (Å²) < 4.78 is 28.9. The lowest BCUT2D eigenvalue weighted by Crippen LogP contribution is -2.09. The highest BCUT2D eigenvalue weighted by Crippen LogP contribution is 2.24. The summed E-state index contributed by atoms with van der Waals surface area (Å²) in [5, 5.41) is 7.78. The van der Waals surface area contributed by atoms with Crippen LogP contribution in [0.1, 0.15) is 29.3 Å². The van der Waals surface area contributed by atoms with Gasteiger partial charge in [0.05, 0.1) is 12.7 Å². The Morgan fingerprint density at radius 1 is 1.16 bits per heavy atom. The maximum absolute atomic E-state index is 13.0. The van der Waals surface area contributed by atoms with Gasteiger partial charge in [0.1, 0.15) is 11.6 Å². The molecule has 0 unspecified atom stereocenters. The average molecular weight is 342 g/mol. The number of aromatic nitrogens is 2. The third kappa shape index (κ3) is 3.82. The molecule has 25 heavy (non-hydrogen) atoms. The number of carbonyl (C=O) groups is 1. The van der Waals surface area contributed by atoms with Crippen molar-refractivity contribution in [1.29, 1.82) is 0 Å². The van der Waals surface area contributed by atoms with Crippen LogP contribution < -0.4 is 4.74 Å². The Bertz CT molecular complexity index is 877. The molecule has 0 N–H and O–H groups in total. The van der Waals surface area contributed by atoms with Gasteiger partial charge >= 0.3 is 5.97 Å². The molecular formula is C18H15FN2O4. The van der Waals surface area contributed by atoms with Crippen LogP contribution in [0.15, 0.2) is 52.9 Å². The minimum absolute atomic E-state index is 0.149. The highest BCUT2D eigenvalue weighted by molar-refractivity contribution is 5.89. The summed E-state index contributed by atoms with van der Waals surface area (Å²) >= 11 is 0. The zero-order valence-corrected chi connectivity index (χ0v) is 13.6. The lowest BCUT2D eigenvalue weighted by molar-refractivity contribution is 0.0279. The zero-order valence-electron chi connectivity index (χ0n) is 13.6. The Morgan fingerprint density at radius 2 is 1.92 bits per heavy atom. The van der Waals surface area contributed by atoms with Crippen LogP contribution in [0.25, 0.3) is 11.5 Å². The Morgan fingerprint density at radius 3 is 2.64 bits per heavy atom. The van der Waals surface area contributed by atoms with E-state index >= 15 is 0 Å². The van der Waals surface area contributed by atoms with E-state index in [4.69, 9.17) is 13.9 Å². The molecule has 3 rings (SSSR count). The van der Waals surface area contributed by atoms with Crippen LogP contribution in [0.5, 0.6) is 5.75 Å². The van der Waals surface area contributed by atoms with Crippen molar-refractivity contribution in [1.82, 2.24) is 10.2 Å². The number of hydrogen-bond donors (Lipinski definition) is 0. The molecule has 1 aromatic heterocycles. The molecule has 3 aromatic rings. The monoisotopic (exact) mass is 342 g/mol. The van der Waals surface area contributed by atoms with E-state index < -0.39 is 12.1 Å². The molecule has 6 nitrogen and oxygen atoms in total. The van der Waals surface area contributed by atoms with Gasteiger partial charge in [0.15, 0.2) is 6.10 Å². The number of halogens is 1. The summed E-state index contributed by atoms with van der Waals surface area (Å²) in [6.45, 7) is 1.63. The Balaban J connectivity index is 1.72. The van der Waals surface area contributed by atoms with Crippen LogP contribution in [0, 0.1) is 5.82 Å². The van der Waals surface area contributed by atoms with E-state index in [0.717, 1.165) is 0 Å². The van der Waals surface area contributed by atoms with Crippen molar-refractivity contribution in [3.63, 3.8) is 0 Å². The Hall–Kier alpha value is -3.22. The maximum Gasteiger partial charge on any atom is 0.339 e. The second-order valence-corrected chi connectivity index (χ2v) is 5.23. The second kappa shape index (κ2) is 7.12. The van der Waals surface area contributed by atoms with E-state index in [1.54, 1.807) is 31.2 Å². The number of carbonyl (C=O) groups excluding carboxylic acids is 1. The van der Waals surface area contributed by atoms with Crippen molar-refractivity contribution in [2.75, 3.05) is 7.11 Å².